The number of nitrogens with one attached hydrogen (secondary N) is 1. The Morgan fingerprint density at radius 1 is 1.18 bits per heavy atom. The van der Waals surface area contributed by atoms with Gasteiger partial charge in [-0.25, -0.2) is 9.97 Å². The third kappa shape index (κ3) is 3.72. The summed E-state index contributed by atoms with van der Waals surface area (Å²) in [5.41, 5.74) is -0.633. The predicted octanol–water partition coefficient (Wildman–Crippen LogP) is 3.13. The van der Waals surface area contributed by atoms with Crippen LogP contribution in [0, 0.1) is 0 Å². The first-order chi connectivity index (χ1) is 10.3. The van der Waals surface area contributed by atoms with Crippen molar-refractivity contribution in [1.29, 1.82) is 0 Å². The first-order valence-electron chi connectivity index (χ1n) is 6.18. The Morgan fingerprint density at radius 3 is 2.32 bits per heavy atom. The lowest BCUT2D eigenvalue weighted by atomic mass is 10.1. The van der Waals surface area contributed by atoms with Gasteiger partial charge in [0.2, 0.25) is 11.9 Å². The molecule has 2 aromatic rings. The van der Waals surface area contributed by atoms with Gasteiger partial charge < -0.3 is 4.74 Å². The van der Waals surface area contributed by atoms with Gasteiger partial charge >= 0.3 is 6.18 Å². The van der Waals surface area contributed by atoms with Gasteiger partial charge in [0.05, 0.1) is 12.8 Å². The maximum Gasteiger partial charge on any atom is 0.433 e. The Hall–Kier alpha value is -2.64. The van der Waals surface area contributed by atoms with Crippen LogP contribution in [0.25, 0.3) is 11.3 Å². The number of benzene rings is 1. The summed E-state index contributed by atoms with van der Waals surface area (Å²) in [5.74, 6) is -0.385. The average molecular weight is 311 g/mol. The summed E-state index contributed by atoms with van der Waals surface area (Å²) in [6.45, 7) is 1.16. The molecule has 2 rings (SSSR count). The van der Waals surface area contributed by atoms with Gasteiger partial charge in [0.25, 0.3) is 0 Å². The Balaban J connectivity index is 2.50. The Bertz CT molecular complexity index is 685. The molecule has 1 amide bonds. The number of alkyl halides is 3. The molecule has 0 aliphatic heterocycles. The SMILES string of the molecule is COc1ccc(-c2cc(C(F)(F)F)nc(NC(C)=O)n2)cc1. The van der Waals surface area contributed by atoms with Gasteiger partial charge in [-0.2, -0.15) is 13.2 Å². The van der Waals surface area contributed by atoms with Crippen molar-refractivity contribution < 1.29 is 22.7 Å². The zero-order valence-corrected chi connectivity index (χ0v) is 11.7. The monoisotopic (exact) mass is 311 g/mol. The van der Waals surface area contributed by atoms with Gasteiger partial charge in [-0.1, -0.05) is 0 Å². The number of hydrogen-bond donors (Lipinski definition) is 1. The second-order valence-corrected chi connectivity index (χ2v) is 4.37. The van der Waals surface area contributed by atoms with Crippen molar-refractivity contribution in [2.75, 3.05) is 12.4 Å². The Labute approximate surface area is 124 Å². The number of amides is 1. The first kappa shape index (κ1) is 15.7. The number of ether oxygens (including phenoxy) is 1. The first-order valence-corrected chi connectivity index (χ1v) is 6.18. The van der Waals surface area contributed by atoms with Crippen LogP contribution in [0.4, 0.5) is 19.1 Å². The number of nitrogens with zero attached hydrogens (tertiary/aromatic N) is 2. The van der Waals surface area contributed by atoms with Crippen LogP contribution in [-0.4, -0.2) is 23.0 Å². The molecule has 0 unspecified atom stereocenters. The maximum absolute atomic E-state index is 12.9. The summed E-state index contributed by atoms with van der Waals surface area (Å²) in [4.78, 5) is 18.3. The zero-order valence-electron chi connectivity index (χ0n) is 11.7. The molecule has 116 valence electrons. The quantitative estimate of drug-likeness (QED) is 0.946. The second-order valence-electron chi connectivity index (χ2n) is 4.37. The molecule has 22 heavy (non-hydrogen) atoms. The number of rotatable bonds is 3. The highest BCUT2D eigenvalue weighted by Crippen LogP contribution is 2.31. The predicted molar refractivity (Wildman–Crippen MR) is 73.3 cm³/mol. The standard InChI is InChI=1S/C14H12F3N3O2/c1-8(21)18-13-19-11(7-12(20-13)14(15,16)17)9-3-5-10(22-2)6-4-9/h3-7H,1-2H3,(H,18,19,20,21). The van der Waals surface area contributed by atoms with Gasteiger partial charge in [-0.05, 0) is 30.3 Å². The molecule has 0 fully saturated rings. The number of hydrogen-bond acceptors (Lipinski definition) is 4. The summed E-state index contributed by atoms with van der Waals surface area (Å²) < 4.78 is 43.7. The van der Waals surface area contributed by atoms with Crippen molar-refractivity contribution in [3.8, 4) is 17.0 Å². The van der Waals surface area contributed by atoms with E-state index >= 15 is 0 Å². The van der Waals surface area contributed by atoms with Crippen molar-refractivity contribution in [2.24, 2.45) is 0 Å². The molecule has 5 nitrogen and oxygen atoms in total. The van der Waals surface area contributed by atoms with Gasteiger partial charge in [0.1, 0.15) is 5.75 Å². The molecule has 0 atom stereocenters. The van der Waals surface area contributed by atoms with E-state index in [9.17, 15) is 18.0 Å². The van der Waals surface area contributed by atoms with E-state index < -0.39 is 23.7 Å². The highest BCUT2D eigenvalue weighted by atomic mass is 19.4. The third-order valence-electron chi connectivity index (χ3n) is 2.69. The van der Waals surface area contributed by atoms with E-state index in [1.54, 1.807) is 24.3 Å². The number of anilines is 1. The number of methoxy groups -OCH3 is 1. The van der Waals surface area contributed by atoms with E-state index in [0.29, 0.717) is 11.3 Å². The molecule has 8 heteroatoms. The molecule has 0 spiro atoms. The summed E-state index contributed by atoms with van der Waals surface area (Å²) in [7, 11) is 1.48. The van der Waals surface area contributed by atoms with Gasteiger partial charge in [-0.3, -0.25) is 10.1 Å². The van der Waals surface area contributed by atoms with E-state index in [0.717, 1.165) is 13.0 Å². The second kappa shape index (κ2) is 6.00. The Morgan fingerprint density at radius 2 is 1.82 bits per heavy atom. The molecule has 0 aliphatic rings. The van der Waals surface area contributed by atoms with Crippen molar-refractivity contribution in [3.63, 3.8) is 0 Å². The van der Waals surface area contributed by atoms with E-state index in [4.69, 9.17) is 4.74 Å². The van der Waals surface area contributed by atoms with E-state index in [2.05, 4.69) is 15.3 Å². The van der Waals surface area contributed by atoms with Crippen molar-refractivity contribution in [2.45, 2.75) is 13.1 Å². The van der Waals surface area contributed by atoms with Crippen LogP contribution >= 0.6 is 0 Å². The fraction of sp³-hybridized carbons (Fsp3) is 0.214. The van der Waals surface area contributed by atoms with Crippen molar-refractivity contribution >= 4 is 11.9 Å². The molecule has 0 bridgehead atoms. The van der Waals surface area contributed by atoms with Crippen molar-refractivity contribution in [1.82, 2.24) is 9.97 Å². The maximum atomic E-state index is 12.9. The minimum absolute atomic E-state index is 0.0497. The van der Waals surface area contributed by atoms with Crippen LogP contribution in [0.15, 0.2) is 30.3 Å². The summed E-state index contributed by atoms with van der Waals surface area (Å²) in [5, 5.41) is 2.16. The van der Waals surface area contributed by atoms with E-state index in [-0.39, 0.29) is 5.69 Å². The number of halogens is 3. The fourth-order valence-electron chi connectivity index (χ4n) is 1.72. The van der Waals surface area contributed by atoms with Gasteiger partial charge in [0.15, 0.2) is 5.69 Å². The number of carbonyl (C=O) groups is 1. The Kier molecular flexibility index (Phi) is 4.30. The highest BCUT2D eigenvalue weighted by molar-refractivity contribution is 5.87. The van der Waals surface area contributed by atoms with E-state index in [1.165, 1.54) is 7.11 Å². The van der Waals surface area contributed by atoms with Crippen molar-refractivity contribution in [3.05, 3.63) is 36.0 Å². The lowest BCUT2D eigenvalue weighted by molar-refractivity contribution is -0.141. The van der Waals surface area contributed by atoms with Crippen LogP contribution < -0.4 is 10.1 Å². The highest BCUT2D eigenvalue weighted by Gasteiger charge is 2.34. The fourth-order valence-corrected chi connectivity index (χ4v) is 1.72. The minimum Gasteiger partial charge on any atom is -0.497 e. The number of carbonyl (C=O) groups excluding carboxylic acids is 1. The van der Waals surface area contributed by atoms with Crippen LogP contribution in [0.3, 0.4) is 0 Å². The lowest BCUT2D eigenvalue weighted by Gasteiger charge is -2.11. The third-order valence-corrected chi connectivity index (χ3v) is 2.69. The van der Waals surface area contributed by atoms with E-state index in [1.807, 2.05) is 0 Å². The molecule has 0 saturated carbocycles. The van der Waals surface area contributed by atoms with Crippen LogP contribution in [0.2, 0.25) is 0 Å². The average Bonchev–Trinajstić information content (AvgIpc) is 2.45. The molecule has 0 aliphatic carbocycles. The van der Waals surface area contributed by atoms with Crippen LogP contribution in [0.1, 0.15) is 12.6 Å². The minimum atomic E-state index is -4.64. The van der Waals surface area contributed by atoms with Crippen LogP contribution in [0.5, 0.6) is 5.75 Å². The molecular weight excluding hydrogens is 299 g/mol. The molecule has 0 radical (unpaired) electrons. The molecule has 0 saturated heterocycles. The lowest BCUT2D eigenvalue weighted by Crippen LogP contribution is -2.15. The molecule has 1 N–H and O–H groups in total. The largest absolute Gasteiger partial charge is 0.497 e. The van der Waals surface area contributed by atoms with Gasteiger partial charge in [0, 0.05) is 12.5 Å². The molecule has 1 aromatic heterocycles. The summed E-state index contributed by atoms with van der Waals surface area (Å²) in [6.07, 6.45) is -4.64. The molecular formula is C14H12F3N3O2. The van der Waals surface area contributed by atoms with Gasteiger partial charge in [-0.15, -0.1) is 0 Å². The summed E-state index contributed by atoms with van der Waals surface area (Å²) >= 11 is 0. The van der Waals surface area contributed by atoms with Crippen LogP contribution in [-0.2, 0) is 11.0 Å². The summed E-state index contributed by atoms with van der Waals surface area (Å²) in [6, 6.07) is 7.16. The normalized spacial score (nSPS) is 11.1. The topological polar surface area (TPSA) is 64.1 Å². The molecule has 1 aromatic carbocycles. The smallest absolute Gasteiger partial charge is 0.433 e. The number of aromatic nitrogens is 2. The zero-order chi connectivity index (χ0) is 16.3. The molecule has 1 heterocycles.